The fourth-order valence-electron chi connectivity index (χ4n) is 3.42. The van der Waals surface area contributed by atoms with Gasteiger partial charge >= 0.3 is 0 Å². The summed E-state index contributed by atoms with van der Waals surface area (Å²) in [7, 11) is 0. The molecule has 0 aliphatic carbocycles. The fraction of sp³-hybridized carbons (Fsp3) is 0.435. The number of carbonyl (C=O) groups excluding carboxylic acids is 2. The van der Waals surface area contributed by atoms with Crippen molar-refractivity contribution in [1.82, 2.24) is 15.2 Å². The van der Waals surface area contributed by atoms with Crippen molar-refractivity contribution in [2.45, 2.75) is 32.6 Å². The molecule has 2 heterocycles. The number of carbonyl (C=O) groups is 2. The molecule has 29 heavy (non-hydrogen) atoms. The van der Waals surface area contributed by atoms with E-state index in [4.69, 9.17) is 4.74 Å². The molecule has 1 saturated heterocycles. The zero-order chi connectivity index (χ0) is 20.6. The van der Waals surface area contributed by atoms with Crippen LogP contribution in [0.15, 0.2) is 48.8 Å². The summed E-state index contributed by atoms with van der Waals surface area (Å²) < 4.78 is 5.57. The van der Waals surface area contributed by atoms with Crippen LogP contribution in [0, 0.1) is 5.92 Å². The molecular weight excluding hydrogens is 366 g/mol. The molecule has 6 heteroatoms. The molecule has 1 N–H and O–H groups in total. The molecule has 0 atom stereocenters. The highest BCUT2D eigenvalue weighted by Gasteiger charge is 2.23. The number of nitrogens with one attached hydrogen (secondary N) is 1. The standard InChI is InChI=1S/C23H29N3O3/c1-17(2)19-3-5-21(6-4-19)29-16-22(27)25-15-18-9-13-26(14-10-18)23(28)20-7-11-24-12-8-20/h3-8,11-12,17-18H,9-10,13-16H2,1-2H3,(H,25,27). The summed E-state index contributed by atoms with van der Waals surface area (Å²) in [6, 6.07) is 11.3. The normalized spacial score (nSPS) is 14.7. The van der Waals surface area contributed by atoms with Crippen molar-refractivity contribution < 1.29 is 14.3 Å². The molecule has 2 amide bonds. The molecule has 1 aliphatic rings. The first-order valence-electron chi connectivity index (χ1n) is 10.2. The molecule has 0 bridgehead atoms. The van der Waals surface area contributed by atoms with Gasteiger partial charge in [-0.05, 0) is 54.5 Å². The van der Waals surface area contributed by atoms with E-state index in [1.54, 1.807) is 24.5 Å². The maximum absolute atomic E-state index is 12.5. The van der Waals surface area contributed by atoms with Gasteiger partial charge in [0.25, 0.3) is 11.8 Å². The fourth-order valence-corrected chi connectivity index (χ4v) is 3.42. The van der Waals surface area contributed by atoms with Crippen LogP contribution in [-0.2, 0) is 4.79 Å². The Bertz CT molecular complexity index is 798. The van der Waals surface area contributed by atoms with Gasteiger partial charge in [0.1, 0.15) is 5.75 Å². The van der Waals surface area contributed by atoms with Crippen molar-refractivity contribution in [2.75, 3.05) is 26.2 Å². The predicted octanol–water partition coefficient (Wildman–Crippen LogP) is 3.25. The molecule has 1 aromatic carbocycles. The molecule has 0 saturated carbocycles. The first-order chi connectivity index (χ1) is 14.0. The number of benzene rings is 1. The van der Waals surface area contributed by atoms with E-state index >= 15 is 0 Å². The molecule has 0 radical (unpaired) electrons. The van der Waals surface area contributed by atoms with E-state index in [1.165, 1.54) is 5.56 Å². The van der Waals surface area contributed by atoms with Gasteiger partial charge in [-0.3, -0.25) is 14.6 Å². The Labute approximate surface area is 172 Å². The van der Waals surface area contributed by atoms with E-state index in [0.717, 1.165) is 12.8 Å². The molecule has 154 valence electrons. The predicted molar refractivity (Wildman–Crippen MR) is 112 cm³/mol. The first-order valence-corrected chi connectivity index (χ1v) is 10.2. The second-order valence-electron chi connectivity index (χ2n) is 7.79. The number of nitrogens with zero attached hydrogens (tertiary/aromatic N) is 2. The Balaban J connectivity index is 1.35. The van der Waals surface area contributed by atoms with Crippen LogP contribution in [0.25, 0.3) is 0 Å². The number of rotatable bonds is 7. The summed E-state index contributed by atoms with van der Waals surface area (Å²) in [5, 5.41) is 2.95. The minimum Gasteiger partial charge on any atom is -0.484 e. The molecular formula is C23H29N3O3. The maximum atomic E-state index is 12.5. The second kappa shape index (κ2) is 10.0. The number of likely N-dealkylation sites (tertiary alicyclic amines) is 1. The topological polar surface area (TPSA) is 71.5 Å². The van der Waals surface area contributed by atoms with Crippen molar-refractivity contribution in [1.29, 1.82) is 0 Å². The van der Waals surface area contributed by atoms with Crippen LogP contribution < -0.4 is 10.1 Å². The molecule has 0 unspecified atom stereocenters. The number of pyridine rings is 1. The summed E-state index contributed by atoms with van der Waals surface area (Å²) in [5.41, 5.74) is 1.92. The Morgan fingerprint density at radius 1 is 1.10 bits per heavy atom. The van der Waals surface area contributed by atoms with Gasteiger partial charge in [-0.2, -0.15) is 0 Å². The van der Waals surface area contributed by atoms with Crippen LogP contribution in [0.3, 0.4) is 0 Å². The largest absolute Gasteiger partial charge is 0.484 e. The Kier molecular flexibility index (Phi) is 7.22. The van der Waals surface area contributed by atoms with Gasteiger partial charge in [-0.15, -0.1) is 0 Å². The lowest BCUT2D eigenvalue weighted by Gasteiger charge is -2.32. The van der Waals surface area contributed by atoms with Crippen LogP contribution in [0.4, 0.5) is 0 Å². The number of hydrogen-bond donors (Lipinski definition) is 1. The average Bonchev–Trinajstić information content (AvgIpc) is 2.77. The van der Waals surface area contributed by atoms with Gasteiger partial charge in [-0.1, -0.05) is 26.0 Å². The molecule has 1 aliphatic heterocycles. The zero-order valence-electron chi connectivity index (χ0n) is 17.1. The van der Waals surface area contributed by atoms with E-state index in [2.05, 4.69) is 24.1 Å². The lowest BCUT2D eigenvalue weighted by atomic mass is 9.96. The monoisotopic (exact) mass is 395 g/mol. The Morgan fingerprint density at radius 2 is 1.76 bits per heavy atom. The molecule has 1 fully saturated rings. The number of amides is 2. The van der Waals surface area contributed by atoms with E-state index in [-0.39, 0.29) is 18.4 Å². The van der Waals surface area contributed by atoms with Crippen molar-refractivity contribution in [3.05, 3.63) is 59.9 Å². The van der Waals surface area contributed by atoms with Gasteiger partial charge in [-0.25, -0.2) is 0 Å². The maximum Gasteiger partial charge on any atom is 0.257 e. The van der Waals surface area contributed by atoms with Crippen molar-refractivity contribution in [3.63, 3.8) is 0 Å². The molecule has 6 nitrogen and oxygen atoms in total. The van der Waals surface area contributed by atoms with E-state index in [9.17, 15) is 9.59 Å². The Hall–Kier alpha value is -2.89. The summed E-state index contributed by atoms with van der Waals surface area (Å²) in [5.74, 6) is 1.48. The average molecular weight is 396 g/mol. The van der Waals surface area contributed by atoms with Crippen LogP contribution in [-0.4, -0.2) is 47.9 Å². The number of piperidine rings is 1. The minimum atomic E-state index is -0.117. The van der Waals surface area contributed by atoms with Gasteiger partial charge in [0, 0.05) is 37.6 Å². The highest BCUT2D eigenvalue weighted by molar-refractivity contribution is 5.94. The summed E-state index contributed by atoms with van der Waals surface area (Å²) in [6.45, 7) is 6.33. The van der Waals surface area contributed by atoms with Gasteiger partial charge in [0.15, 0.2) is 6.61 Å². The van der Waals surface area contributed by atoms with Gasteiger partial charge in [0.2, 0.25) is 0 Å². The van der Waals surface area contributed by atoms with Crippen LogP contribution >= 0.6 is 0 Å². The SMILES string of the molecule is CC(C)c1ccc(OCC(=O)NCC2CCN(C(=O)c3ccncc3)CC2)cc1. The lowest BCUT2D eigenvalue weighted by molar-refractivity contribution is -0.123. The molecule has 2 aromatic rings. The highest BCUT2D eigenvalue weighted by Crippen LogP contribution is 2.19. The summed E-state index contributed by atoms with van der Waals surface area (Å²) in [6.07, 6.45) is 5.04. The smallest absolute Gasteiger partial charge is 0.257 e. The van der Waals surface area contributed by atoms with Gasteiger partial charge in [0.05, 0.1) is 0 Å². The number of ether oxygens (including phenoxy) is 1. The molecule has 1 aromatic heterocycles. The third kappa shape index (κ3) is 6.04. The molecule has 3 rings (SSSR count). The van der Waals surface area contributed by atoms with Crippen LogP contribution in [0.5, 0.6) is 5.75 Å². The van der Waals surface area contributed by atoms with E-state index in [1.807, 2.05) is 29.2 Å². The quantitative estimate of drug-likeness (QED) is 0.781. The van der Waals surface area contributed by atoms with Gasteiger partial charge < -0.3 is 15.0 Å². The van der Waals surface area contributed by atoms with Crippen molar-refractivity contribution in [2.24, 2.45) is 5.92 Å². The third-order valence-electron chi connectivity index (χ3n) is 5.33. The van der Waals surface area contributed by atoms with Crippen LogP contribution in [0.1, 0.15) is 48.5 Å². The number of hydrogen-bond acceptors (Lipinski definition) is 4. The minimum absolute atomic E-state index is 0.0143. The lowest BCUT2D eigenvalue weighted by Crippen LogP contribution is -2.42. The second-order valence-corrected chi connectivity index (χ2v) is 7.79. The van der Waals surface area contributed by atoms with E-state index < -0.39 is 0 Å². The van der Waals surface area contributed by atoms with Crippen molar-refractivity contribution >= 4 is 11.8 Å². The van der Waals surface area contributed by atoms with Crippen LogP contribution in [0.2, 0.25) is 0 Å². The summed E-state index contributed by atoms with van der Waals surface area (Å²) in [4.78, 5) is 30.4. The third-order valence-corrected chi connectivity index (χ3v) is 5.33. The van der Waals surface area contributed by atoms with Crippen molar-refractivity contribution in [3.8, 4) is 5.75 Å². The summed E-state index contributed by atoms with van der Waals surface area (Å²) >= 11 is 0. The number of aromatic nitrogens is 1. The zero-order valence-corrected chi connectivity index (χ0v) is 17.1. The highest BCUT2D eigenvalue weighted by atomic mass is 16.5. The molecule has 0 spiro atoms. The Morgan fingerprint density at radius 3 is 2.38 bits per heavy atom. The first kappa shape index (κ1) is 20.8. The van der Waals surface area contributed by atoms with E-state index in [0.29, 0.717) is 42.8 Å².